The van der Waals surface area contributed by atoms with Crippen molar-refractivity contribution in [3.8, 4) is 0 Å². The quantitative estimate of drug-likeness (QED) is 0.710. The van der Waals surface area contributed by atoms with Crippen LogP contribution in [0.25, 0.3) is 0 Å². The highest BCUT2D eigenvalue weighted by atomic mass is 16.4. The van der Waals surface area contributed by atoms with Gasteiger partial charge in [-0.05, 0) is 12.3 Å². The van der Waals surface area contributed by atoms with E-state index in [1.807, 2.05) is 0 Å². The van der Waals surface area contributed by atoms with Crippen LogP contribution in [-0.2, 0) is 4.79 Å². The van der Waals surface area contributed by atoms with E-state index in [4.69, 9.17) is 5.11 Å². The van der Waals surface area contributed by atoms with Crippen LogP contribution < -0.4 is 0 Å². The number of rotatable bonds is 3. The van der Waals surface area contributed by atoms with Crippen LogP contribution in [0.4, 0.5) is 0 Å². The van der Waals surface area contributed by atoms with Crippen LogP contribution in [0, 0.1) is 5.92 Å². The summed E-state index contributed by atoms with van der Waals surface area (Å²) in [5, 5.41) is 8.44. The maximum absolute atomic E-state index is 10.2. The fraction of sp³-hybridized carbons (Fsp3) is 0.900. The molecule has 0 heterocycles. The van der Waals surface area contributed by atoms with Crippen LogP contribution in [0.3, 0.4) is 0 Å². The third kappa shape index (κ3) is 4.37. The van der Waals surface area contributed by atoms with Gasteiger partial charge in [-0.15, -0.1) is 0 Å². The molecule has 1 saturated carbocycles. The van der Waals surface area contributed by atoms with Gasteiger partial charge in [0.2, 0.25) is 0 Å². The first kappa shape index (κ1) is 11.5. The van der Waals surface area contributed by atoms with E-state index < -0.39 is 5.97 Å². The fourth-order valence-corrected chi connectivity index (χ4v) is 1.80. The monoisotopic (exact) mass is 172 g/mol. The van der Waals surface area contributed by atoms with Gasteiger partial charge in [0.15, 0.2) is 0 Å². The molecule has 1 N–H and O–H groups in total. The van der Waals surface area contributed by atoms with E-state index in [0.29, 0.717) is 12.3 Å². The Balaban J connectivity index is 0.00000121. The second-order valence-corrected chi connectivity index (χ2v) is 3.44. The van der Waals surface area contributed by atoms with E-state index in [0.717, 1.165) is 6.42 Å². The lowest BCUT2D eigenvalue weighted by Crippen LogP contribution is -2.08. The molecule has 0 aromatic heterocycles. The predicted octanol–water partition coefficient (Wildman–Crippen LogP) is 3.07. The van der Waals surface area contributed by atoms with Gasteiger partial charge in [0, 0.05) is 6.42 Å². The van der Waals surface area contributed by atoms with Gasteiger partial charge in [-0.1, -0.05) is 39.5 Å². The predicted molar refractivity (Wildman–Crippen MR) is 50.2 cm³/mol. The molecule has 0 atom stereocenters. The average Bonchev–Trinajstić information content (AvgIpc) is 2.03. The summed E-state index contributed by atoms with van der Waals surface area (Å²) in [5.41, 5.74) is 0. The number of hydrogen-bond acceptors (Lipinski definition) is 1. The van der Waals surface area contributed by atoms with Crippen molar-refractivity contribution < 1.29 is 9.90 Å². The molecule has 1 aliphatic rings. The molecule has 1 fully saturated rings. The molecule has 0 unspecified atom stereocenters. The van der Waals surface area contributed by atoms with Crippen LogP contribution in [-0.4, -0.2) is 11.1 Å². The smallest absolute Gasteiger partial charge is 0.303 e. The number of carboxylic acid groups (broad SMARTS) is 1. The first-order valence-corrected chi connectivity index (χ1v) is 4.51. The SMILES string of the molecule is C.O=C(O)CCC1CCCCC1. The van der Waals surface area contributed by atoms with Crippen molar-refractivity contribution in [2.75, 3.05) is 0 Å². The standard InChI is InChI=1S/C9H16O2.CH4/c10-9(11)7-6-8-4-2-1-3-5-8;/h8H,1-7H2,(H,10,11);1H4. The van der Waals surface area contributed by atoms with Gasteiger partial charge < -0.3 is 5.11 Å². The van der Waals surface area contributed by atoms with Crippen molar-refractivity contribution in [2.24, 2.45) is 5.92 Å². The molecule has 0 aromatic carbocycles. The highest BCUT2D eigenvalue weighted by Gasteiger charge is 2.13. The number of carbonyl (C=O) groups is 1. The largest absolute Gasteiger partial charge is 0.481 e. The summed E-state index contributed by atoms with van der Waals surface area (Å²) in [4.78, 5) is 10.2. The van der Waals surface area contributed by atoms with Crippen LogP contribution >= 0.6 is 0 Å². The summed E-state index contributed by atoms with van der Waals surface area (Å²) in [6.45, 7) is 0. The third-order valence-electron chi connectivity index (χ3n) is 2.49. The molecule has 0 radical (unpaired) electrons. The van der Waals surface area contributed by atoms with Gasteiger partial charge in [0.1, 0.15) is 0 Å². The zero-order valence-electron chi connectivity index (χ0n) is 6.88. The maximum Gasteiger partial charge on any atom is 0.303 e. The molecule has 12 heavy (non-hydrogen) atoms. The molecule has 0 saturated heterocycles. The van der Waals surface area contributed by atoms with Gasteiger partial charge in [-0.3, -0.25) is 4.79 Å². The minimum Gasteiger partial charge on any atom is -0.481 e. The molecule has 0 amide bonds. The normalized spacial score (nSPS) is 18.3. The lowest BCUT2D eigenvalue weighted by Gasteiger charge is -2.20. The molecule has 0 aliphatic heterocycles. The molecule has 2 nitrogen and oxygen atoms in total. The Labute approximate surface area is 75.0 Å². The second-order valence-electron chi connectivity index (χ2n) is 3.44. The summed E-state index contributed by atoms with van der Waals surface area (Å²) >= 11 is 0. The van der Waals surface area contributed by atoms with Crippen molar-refractivity contribution in [3.05, 3.63) is 0 Å². The molecular formula is C10H20O2. The first-order chi connectivity index (χ1) is 5.29. The Morgan fingerprint density at radius 2 is 1.83 bits per heavy atom. The molecule has 1 rings (SSSR count). The van der Waals surface area contributed by atoms with E-state index in [1.165, 1.54) is 32.1 Å². The molecular weight excluding hydrogens is 152 g/mol. The lowest BCUT2D eigenvalue weighted by atomic mass is 9.86. The van der Waals surface area contributed by atoms with E-state index in [2.05, 4.69) is 0 Å². The van der Waals surface area contributed by atoms with Crippen LogP contribution in [0.15, 0.2) is 0 Å². The highest BCUT2D eigenvalue weighted by molar-refractivity contribution is 5.66. The third-order valence-corrected chi connectivity index (χ3v) is 2.49. The summed E-state index contributed by atoms with van der Waals surface area (Å²) < 4.78 is 0. The zero-order chi connectivity index (χ0) is 8.10. The highest BCUT2D eigenvalue weighted by Crippen LogP contribution is 2.26. The summed E-state index contributed by atoms with van der Waals surface area (Å²) in [6, 6.07) is 0. The fourth-order valence-electron chi connectivity index (χ4n) is 1.80. The van der Waals surface area contributed by atoms with Gasteiger partial charge in [0.25, 0.3) is 0 Å². The van der Waals surface area contributed by atoms with Crippen LogP contribution in [0.2, 0.25) is 0 Å². The topological polar surface area (TPSA) is 37.3 Å². The van der Waals surface area contributed by atoms with Gasteiger partial charge >= 0.3 is 5.97 Å². The maximum atomic E-state index is 10.2. The average molecular weight is 172 g/mol. The Bertz CT molecular complexity index is 126. The lowest BCUT2D eigenvalue weighted by molar-refractivity contribution is -0.137. The van der Waals surface area contributed by atoms with E-state index in [-0.39, 0.29) is 7.43 Å². The minimum absolute atomic E-state index is 0. The summed E-state index contributed by atoms with van der Waals surface area (Å²) in [5.74, 6) is 0.0652. The van der Waals surface area contributed by atoms with Gasteiger partial charge in [-0.2, -0.15) is 0 Å². The second kappa shape index (κ2) is 6.04. The minimum atomic E-state index is -0.643. The Kier molecular flexibility index (Phi) is 5.77. The van der Waals surface area contributed by atoms with Crippen molar-refractivity contribution in [1.29, 1.82) is 0 Å². The Hall–Kier alpha value is -0.530. The number of aliphatic carboxylic acids is 1. The molecule has 2 heteroatoms. The molecule has 0 spiro atoms. The van der Waals surface area contributed by atoms with Crippen molar-refractivity contribution in [2.45, 2.75) is 52.4 Å². The van der Waals surface area contributed by atoms with Crippen molar-refractivity contribution in [3.63, 3.8) is 0 Å². The van der Waals surface area contributed by atoms with Crippen LogP contribution in [0.5, 0.6) is 0 Å². The molecule has 0 aromatic rings. The number of hydrogen-bond donors (Lipinski definition) is 1. The summed E-state index contributed by atoms with van der Waals surface area (Å²) in [7, 11) is 0. The van der Waals surface area contributed by atoms with E-state index >= 15 is 0 Å². The molecule has 72 valence electrons. The first-order valence-electron chi connectivity index (χ1n) is 4.51. The van der Waals surface area contributed by atoms with E-state index in [9.17, 15) is 4.79 Å². The Morgan fingerprint density at radius 3 is 2.33 bits per heavy atom. The number of carboxylic acids is 1. The van der Waals surface area contributed by atoms with Gasteiger partial charge in [-0.25, -0.2) is 0 Å². The zero-order valence-corrected chi connectivity index (χ0v) is 6.88. The molecule has 1 aliphatic carbocycles. The van der Waals surface area contributed by atoms with Crippen molar-refractivity contribution >= 4 is 5.97 Å². The van der Waals surface area contributed by atoms with Crippen LogP contribution in [0.1, 0.15) is 52.4 Å². The van der Waals surface area contributed by atoms with Crippen molar-refractivity contribution in [1.82, 2.24) is 0 Å². The van der Waals surface area contributed by atoms with Gasteiger partial charge in [0.05, 0.1) is 0 Å². The Morgan fingerprint density at radius 1 is 1.25 bits per heavy atom. The molecule has 0 bridgehead atoms. The summed E-state index contributed by atoms with van der Waals surface area (Å²) in [6.07, 6.45) is 7.75. The van der Waals surface area contributed by atoms with E-state index in [1.54, 1.807) is 0 Å².